The Kier molecular flexibility index (Phi) is 6.33. The molecule has 1 aromatic carbocycles. The summed E-state index contributed by atoms with van der Waals surface area (Å²) in [6.45, 7) is 6.23. The van der Waals surface area contributed by atoms with Crippen molar-refractivity contribution in [2.75, 3.05) is 38.0 Å². The van der Waals surface area contributed by atoms with E-state index in [0.717, 1.165) is 38.8 Å². The molecule has 2 rings (SSSR count). The lowest BCUT2D eigenvalue weighted by Crippen LogP contribution is -2.44. The van der Waals surface area contributed by atoms with Crippen LogP contribution in [0.3, 0.4) is 0 Å². The molecule has 1 aliphatic rings. The minimum Gasteiger partial charge on any atom is -0.374 e. The van der Waals surface area contributed by atoms with Crippen molar-refractivity contribution in [2.24, 2.45) is 0 Å². The molecule has 1 amide bonds. The smallest absolute Gasteiger partial charge is 0.271 e. The molecule has 9 heteroatoms. The van der Waals surface area contributed by atoms with Crippen molar-refractivity contribution in [1.29, 1.82) is 5.26 Å². The van der Waals surface area contributed by atoms with Crippen LogP contribution in [0.4, 0.5) is 11.4 Å². The number of piperazine rings is 1. The number of hydrogen-bond acceptors (Lipinski definition) is 6. The maximum absolute atomic E-state index is 12.3. The number of nitro benzene ring substituents is 1. The molecule has 0 radical (unpaired) electrons. The van der Waals surface area contributed by atoms with Gasteiger partial charge in [-0.15, -0.1) is 0 Å². The molecule has 1 heterocycles. The van der Waals surface area contributed by atoms with Crippen LogP contribution in [0, 0.1) is 21.4 Å². The zero-order valence-electron chi connectivity index (χ0n) is 13.7. The molecule has 0 saturated carbocycles. The Morgan fingerprint density at radius 1 is 1.44 bits per heavy atom. The molecule has 0 spiro atoms. The van der Waals surface area contributed by atoms with E-state index < -0.39 is 10.8 Å². The highest BCUT2D eigenvalue weighted by molar-refractivity contribution is 6.34. The van der Waals surface area contributed by atoms with Gasteiger partial charge >= 0.3 is 0 Å². The summed E-state index contributed by atoms with van der Waals surface area (Å²) >= 11 is 5.96. The van der Waals surface area contributed by atoms with Gasteiger partial charge in [-0.1, -0.05) is 18.5 Å². The normalized spacial score (nSPS) is 15.6. The quantitative estimate of drug-likeness (QED) is 0.372. The number of halogens is 1. The summed E-state index contributed by atoms with van der Waals surface area (Å²) in [4.78, 5) is 26.7. The molecule has 25 heavy (non-hydrogen) atoms. The van der Waals surface area contributed by atoms with Crippen LogP contribution < -0.4 is 5.32 Å². The van der Waals surface area contributed by atoms with E-state index in [1.807, 2.05) is 11.0 Å². The highest BCUT2D eigenvalue weighted by atomic mass is 35.5. The van der Waals surface area contributed by atoms with Gasteiger partial charge in [0.1, 0.15) is 11.6 Å². The topological polar surface area (TPSA) is 103 Å². The maximum Gasteiger partial charge on any atom is 0.271 e. The van der Waals surface area contributed by atoms with E-state index in [1.165, 1.54) is 18.3 Å². The number of likely N-dealkylation sites (N-methyl/N-ethyl adjacent to an activating group) is 1. The molecule has 1 aliphatic heterocycles. The summed E-state index contributed by atoms with van der Waals surface area (Å²) in [6.07, 6.45) is 1.52. The molecule has 0 unspecified atom stereocenters. The molecular formula is C16H18ClN5O3. The molecule has 1 saturated heterocycles. The number of hydrogen-bond donors (Lipinski definition) is 1. The van der Waals surface area contributed by atoms with Gasteiger partial charge in [0.2, 0.25) is 0 Å². The monoisotopic (exact) mass is 363 g/mol. The van der Waals surface area contributed by atoms with Gasteiger partial charge in [0.05, 0.1) is 15.6 Å². The average Bonchev–Trinajstić information content (AvgIpc) is 2.61. The van der Waals surface area contributed by atoms with E-state index in [1.54, 1.807) is 0 Å². The molecule has 0 aliphatic carbocycles. The fourth-order valence-corrected chi connectivity index (χ4v) is 2.61. The van der Waals surface area contributed by atoms with Crippen LogP contribution in [-0.2, 0) is 4.79 Å². The highest BCUT2D eigenvalue weighted by Gasteiger charge is 2.18. The van der Waals surface area contributed by atoms with Gasteiger partial charge in [-0.25, -0.2) is 0 Å². The van der Waals surface area contributed by atoms with Crippen molar-refractivity contribution in [1.82, 2.24) is 9.80 Å². The number of nitrogens with one attached hydrogen (secondary N) is 1. The van der Waals surface area contributed by atoms with E-state index in [9.17, 15) is 20.2 Å². The minimum atomic E-state index is -0.650. The first-order valence-corrected chi connectivity index (χ1v) is 8.16. The Morgan fingerprint density at radius 3 is 2.68 bits per heavy atom. The second-order valence-electron chi connectivity index (χ2n) is 5.50. The van der Waals surface area contributed by atoms with Crippen molar-refractivity contribution in [2.45, 2.75) is 6.92 Å². The van der Waals surface area contributed by atoms with E-state index >= 15 is 0 Å². The van der Waals surface area contributed by atoms with E-state index in [0.29, 0.717) is 0 Å². The van der Waals surface area contributed by atoms with Crippen molar-refractivity contribution < 1.29 is 9.72 Å². The number of non-ortho nitro benzene ring substituents is 1. The summed E-state index contributed by atoms with van der Waals surface area (Å²) in [5, 5.41) is 22.7. The number of carbonyl (C=O) groups is 1. The average molecular weight is 364 g/mol. The number of nitriles is 1. The van der Waals surface area contributed by atoms with Crippen molar-refractivity contribution in [3.63, 3.8) is 0 Å². The number of amides is 1. The summed E-state index contributed by atoms with van der Waals surface area (Å²) in [5.74, 6) is -0.650. The van der Waals surface area contributed by atoms with Crippen LogP contribution >= 0.6 is 11.6 Å². The van der Waals surface area contributed by atoms with Gasteiger partial charge in [0.15, 0.2) is 0 Å². The first-order valence-electron chi connectivity index (χ1n) is 7.78. The lowest BCUT2D eigenvalue weighted by Gasteiger charge is -2.33. The van der Waals surface area contributed by atoms with Crippen molar-refractivity contribution >= 4 is 28.9 Å². The Hall–Kier alpha value is -2.63. The first-order chi connectivity index (χ1) is 11.9. The van der Waals surface area contributed by atoms with Gasteiger partial charge in [-0.05, 0) is 12.6 Å². The first kappa shape index (κ1) is 18.7. The molecule has 0 bridgehead atoms. The van der Waals surface area contributed by atoms with E-state index in [-0.39, 0.29) is 22.0 Å². The van der Waals surface area contributed by atoms with E-state index in [4.69, 9.17) is 11.6 Å². The van der Waals surface area contributed by atoms with Gasteiger partial charge in [-0.3, -0.25) is 14.9 Å². The summed E-state index contributed by atoms with van der Waals surface area (Å²) in [6, 6.07) is 5.60. The second kappa shape index (κ2) is 8.46. The third-order valence-corrected chi connectivity index (χ3v) is 4.27. The van der Waals surface area contributed by atoms with Crippen molar-refractivity contribution in [3.8, 4) is 6.07 Å². The van der Waals surface area contributed by atoms with Crippen LogP contribution in [0.25, 0.3) is 0 Å². The standard InChI is InChI=1S/C16H18ClN5O3/c1-2-20-5-7-21(8-6-20)11-12(10-18)16(23)19-15-9-13(22(24)25)3-4-14(15)17/h3-4,9,11H,2,5-8H2,1H3,(H,19,23)/b12-11-. The second-order valence-corrected chi connectivity index (χ2v) is 5.91. The Labute approximate surface area is 150 Å². The van der Waals surface area contributed by atoms with Crippen LogP contribution in [0.5, 0.6) is 0 Å². The summed E-state index contributed by atoms with van der Waals surface area (Å²) < 4.78 is 0. The SMILES string of the molecule is CCN1CCN(/C=C(/C#N)C(=O)Nc2cc([N+](=O)[O-])ccc2Cl)CC1. The minimum absolute atomic E-state index is 0.0764. The predicted octanol–water partition coefficient (Wildman–Crippen LogP) is 2.23. The lowest BCUT2D eigenvalue weighted by molar-refractivity contribution is -0.384. The Bertz CT molecular complexity index is 736. The number of rotatable bonds is 5. The van der Waals surface area contributed by atoms with Crippen molar-refractivity contribution in [3.05, 3.63) is 45.1 Å². The van der Waals surface area contributed by atoms with Gasteiger partial charge < -0.3 is 15.1 Å². The zero-order chi connectivity index (χ0) is 18.4. The third kappa shape index (κ3) is 4.92. The number of nitro groups is 1. The molecular weight excluding hydrogens is 346 g/mol. The fraction of sp³-hybridized carbons (Fsp3) is 0.375. The van der Waals surface area contributed by atoms with Gasteiger partial charge in [0.25, 0.3) is 11.6 Å². The molecule has 0 aromatic heterocycles. The lowest BCUT2D eigenvalue weighted by atomic mass is 10.2. The molecule has 8 nitrogen and oxygen atoms in total. The molecule has 1 N–H and O–H groups in total. The largest absolute Gasteiger partial charge is 0.374 e. The molecule has 1 aromatic rings. The molecule has 0 atom stereocenters. The van der Waals surface area contributed by atoms with Crippen LogP contribution in [0.15, 0.2) is 30.0 Å². The molecule has 1 fully saturated rings. The Morgan fingerprint density at radius 2 is 2.12 bits per heavy atom. The highest BCUT2D eigenvalue weighted by Crippen LogP contribution is 2.27. The number of benzene rings is 1. The zero-order valence-corrected chi connectivity index (χ0v) is 14.5. The number of nitrogens with zero attached hydrogens (tertiary/aromatic N) is 4. The fourth-order valence-electron chi connectivity index (χ4n) is 2.44. The van der Waals surface area contributed by atoms with Crippen LogP contribution in [0.1, 0.15) is 6.92 Å². The van der Waals surface area contributed by atoms with Gasteiger partial charge in [-0.2, -0.15) is 5.26 Å². The van der Waals surface area contributed by atoms with E-state index in [2.05, 4.69) is 17.1 Å². The summed E-state index contributed by atoms with van der Waals surface area (Å²) in [5.41, 5.74) is -0.178. The summed E-state index contributed by atoms with van der Waals surface area (Å²) in [7, 11) is 0. The van der Waals surface area contributed by atoms with Crippen LogP contribution in [-0.4, -0.2) is 53.4 Å². The third-order valence-electron chi connectivity index (χ3n) is 3.94. The number of carbonyl (C=O) groups excluding carboxylic acids is 1. The predicted molar refractivity (Wildman–Crippen MR) is 94.1 cm³/mol. The maximum atomic E-state index is 12.3. The number of anilines is 1. The Balaban J connectivity index is 2.10. The molecule has 132 valence electrons. The van der Waals surface area contributed by atoms with Gasteiger partial charge in [0, 0.05) is 44.5 Å². The van der Waals surface area contributed by atoms with Crippen LogP contribution in [0.2, 0.25) is 5.02 Å².